The largest absolute Gasteiger partial charge is 0.381 e. The van der Waals surface area contributed by atoms with Crippen LogP contribution in [0.2, 0.25) is 0 Å². The molecule has 0 aliphatic heterocycles. The van der Waals surface area contributed by atoms with Crippen molar-refractivity contribution in [1.82, 2.24) is 0 Å². The van der Waals surface area contributed by atoms with Crippen molar-refractivity contribution in [3.8, 4) is 0 Å². The smallest absolute Gasteiger partial charge is 0.165 e. The first-order valence-corrected chi connectivity index (χ1v) is 2.95. The maximum atomic E-state index is 10.6. The number of carbonyl (C=O) groups is 1. The summed E-state index contributed by atoms with van der Waals surface area (Å²) in [5, 5.41) is 8.95. The van der Waals surface area contributed by atoms with Gasteiger partial charge in [-0.15, -0.1) is 0 Å². The molecule has 0 fully saturated rings. The zero-order valence-corrected chi connectivity index (χ0v) is 5.85. The molecule has 0 amide bonds. The van der Waals surface area contributed by atoms with Crippen molar-refractivity contribution in [1.29, 1.82) is 0 Å². The van der Waals surface area contributed by atoms with E-state index in [1.54, 1.807) is 13.8 Å². The Labute approximate surface area is 55.2 Å². The highest BCUT2D eigenvalue weighted by molar-refractivity contribution is 5.85. The molecule has 0 aromatic heterocycles. The molecular formula is C7H12O2. The van der Waals surface area contributed by atoms with Gasteiger partial charge in [-0.05, 0) is 12.5 Å². The molecule has 0 bridgehead atoms. The Morgan fingerprint density at radius 3 is 2.33 bits per heavy atom. The molecule has 0 heterocycles. The van der Waals surface area contributed by atoms with Crippen LogP contribution in [0, 0.1) is 0 Å². The normalized spacial score (nSPS) is 12.8. The first-order chi connectivity index (χ1) is 4.09. The Balaban J connectivity index is 3.88. The van der Waals surface area contributed by atoms with E-state index < -0.39 is 6.10 Å². The highest BCUT2D eigenvalue weighted by Gasteiger charge is 2.11. The van der Waals surface area contributed by atoms with Crippen LogP contribution in [-0.4, -0.2) is 17.0 Å². The predicted octanol–water partition coefficient (Wildman–Crippen LogP) is 0.902. The third kappa shape index (κ3) is 2.42. The van der Waals surface area contributed by atoms with Gasteiger partial charge in [-0.25, -0.2) is 0 Å². The fourth-order valence-corrected chi connectivity index (χ4v) is 0.468. The zero-order valence-electron chi connectivity index (χ0n) is 5.85. The third-order valence-corrected chi connectivity index (χ3v) is 1.12. The molecule has 0 saturated carbocycles. The number of Topliss-reactive ketones (excluding diaryl/α,β-unsaturated/α-hetero) is 1. The van der Waals surface area contributed by atoms with Gasteiger partial charge in [0.15, 0.2) is 5.78 Å². The Bertz CT molecular complexity index is 127. The summed E-state index contributed by atoms with van der Waals surface area (Å²) < 4.78 is 0. The molecule has 0 radical (unpaired) electrons. The zero-order chi connectivity index (χ0) is 7.44. The Morgan fingerprint density at radius 2 is 2.22 bits per heavy atom. The fraction of sp³-hybridized carbons (Fsp3) is 0.571. The molecule has 0 spiro atoms. The van der Waals surface area contributed by atoms with Gasteiger partial charge in [0.1, 0.15) is 6.10 Å². The second-order valence-electron chi connectivity index (χ2n) is 2.07. The molecule has 9 heavy (non-hydrogen) atoms. The number of aliphatic hydroxyl groups excluding tert-OH is 1. The van der Waals surface area contributed by atoms with Crippen molar-refractivity contribution in [3.05, 3.63) is 12.2 Å². The molecule has 0 unspecified atom stereocenters. The number of hydrogen-bond acceptors (Lipinski definition) is 2. The van der Waals surface area contributed by atoms with Crippen LogP contribution in [-0.2, 0) is 4.79 Å². The summed E-state index contributed by atoms with van der Waals surface area (Å²) >= 11 is 0. The van der Waals surface area contributed by atoms with E-state index in [0.29, 0.717) is 12.0 Å². The lowest BCUT2D eigenvalue weighted by molar-refractivity contribution is -0.125. The second-order valence-corrected chi connectivity index (χ2v) is 2.07. The molecule has 0 rings (SSSR count). The second kappa shape index (κ2) is 3.41. The molecule has 2 nitrogen and oxygen atoms in total. The van der Waals surface area contributed by atoms with Crippen LogP contribution in [0.25, 0.3) is 0 Å². The van der Waals surface area contributed by atoms with Crippen LogP contribution in [0.1, 0.15) is 20.3 Å². The van der Waals surface area contributed by atoms with Crippen molar-refractivity contribution in [3.63, 3.8) is 0 Å². The number of hydrogen-bond donors (Lipinski definition) is 1. The summed E-state index contributed by atoms with van der Waals surface area (Å²) in [6, 6.07) is 0. The number of ketones is 1. The van der Waals surface area contributed by atoms with Crippen LogP contribution < -0.4 is 0 Å². The first kappa shape index (κ1) is 8.37. The summed E-state index contributed by atoms with van der Waals surface area (Å²) in [6.45, 7) is 6.81. The van der Waals surface area contributed by atoms with E-state index in [-0.39, 0.29) is 5.78 Å². The van der Waals surface area contributed by atoms with Crippen LogP contribution in [0.5, 0.6) is 0 Å². The first-order valence-electron chi connectivity index (χ1n) is 2.95. The van der Waals surface area contributed by atoms with Gasteiger partial charge in [-0.3, -0.25) is 4.79 Å². The van der Waals surface area contributed by atoms with Gasteiger partial charge in [0, 0.05) is 6.42 Å². The molecule has 1 N–H and O–H groups in total. The molecule has 0 aromatic carbocycles. The summed E-state index contributed by atoms with van der Waals surface area (Å²) in [6.07, 6.45) is -0.580. The average molecular weight is 128 g/mol. The van der Waals surface area contributed by atoms with Gasteiger partial charge in [0.05, 0.1) is 0 Å². The quantitative estimate of drug-likeness (QED) is 0.573. The van der Waals surface area contributed by atoms with E-state index >= 15 is 0 Å². The summed E-state index contributed by atoms with van der Waals surface area (Å²) in [4.78, 5) is 10.6. The van der Waals surface area contributed by atoms with Gasteiger partial charge in [0.25, 0.3) is 0 Å². The number of aliphatic hydroxyl groups is 1. The molecule has 0 aliphatic carbocycles. The lowest BCUT2D eigenvalue weighted by atomic mass is 10.1. The lowest BCUT2D eigenvalue weighted by Crippen LogP contribution is -2.19. The minimum atomic E-state index is -0.949. The predicted molar refractivity (Wildman–Crippen MR) is 36.1 cm³/mol. The maximum Gasteiger partial charge on any atom is 0.165 e. The van der Waals surface area contributed by atoms with Crippen LogP contribution in [0.15, 0.2) is 12.2 Å². The minimum absolute atomic E-state index is 0.164. The summed E-state index contributed by atoms with van der Waals surface area (Å²) in [5.74, 6) is -0.164. The number of rotatable bonds is 3. The molecule has 1 atom stereocenters. The molecular weight excluding hydrogens is 116 g/mol. The molecule has 0 saturated heterocycles. The lowest BCUT2D eigenvalue weighted by Gasteiger charge is -2.05. The molecule has 2 heteroatoms. The third-order valence-electron chi connectivity index (χ3n) is 1.12. The van der Waals surface area contributed by atoms with Crippen molar-refractivity contribution < 1.29 is 9.90 Å². The number of carbonyl (C=O) groups excluding carboxylic acids is 1. The molecule has 52 valence electrons. The van der Waals surface area contributed by atoms with E-state index in [9.17, 15) is 4.79 Å². The summed E-state index contributed by atoms with van der Waals surface area (Å²) in [5.41, 5.74) is 0.516. The highest BCUT2D eigenvalue weighted by atomic mass is 16.3. The van der Waals surface area contributed by atoms with E-state index in [0.717, 1.165) is 0 Å². The molecule has 0 aromatic rings. The monoisotopic (exact) mass is 128 g/mol. The Hall–Kier alpha value is -0.630. The van der Waals surface area contributed by atoms with Gasteiger partial charge >= 0.3 is 0 Å². The standard InChI is InChI=1S/C7H12O2/c1-4-6(8)7(9)5(2)3/h7,9H,2,4H2,1,3H3/t7-/m0/s1. The molecule has 0 aliphatic rings. The Morgan fingerprint density at radius 1 is 1.78 bits per heavy atom. The Kier molecular flexibility index (Phi) is 3.17. The minimum Gasteiger partial charge on any atom is -0.381 e. The van der Waals surface area contributed by atoms with E-state index in [2.05, 4.69) is 6.58 Å². The average Bonchev–Trinajstić information content (AvgIpc) is 1.84. The van der Waals surface area contributed by atoms with Crippen LogP contribution in [0.3, 0.4) is 0 Å². The van der Waals surface area contributed by atoms with Crippen molar-refractivity contribution in [2.45, 2.75) is 26.4 Å². The fourth-order valence-electron chi connectivity index (χ4n) is 0.468. The van der Waals surface area contributed by atoms with Crippen LogP contribution in [0.4, 0.5) is 0 Å². The van der Waals surface area contributed by atoms with Crippen molar-refractivity contribution >= 4 is 5.78 Å². The van der Waals surface area contributed by atoms with Gasteiger partial charge in [0.2, 0.25) is 0 Å². The summed E-state index contributed by atoms with van der Waals surface area (Å²) in [7, 11) is 0. The van der Waals surface area contributed by atoms with Gasteiger partial charge < -0.3 is 5.11 Å². The van der Waals surface area contributed by atoms with Crippen molar-refractivity contribution in [2.75, 3.05) is 0 Å². The highest BCUT2D eigenvalue weighted by Crippen LogP contribution is 2.00. The SMILES string of the molecule is C=C(C)[C@H](O)C(=O)CC. The van der Waals surface area contributed by atoms with E-state index in [4.69, 9.17) is 5.11 Å². The van der Waals surface area contributed by atoms with Crippen molar-refractivity contribution in [2.24, 2.45) is 0 Å². The van der Waals surface area contributed by atoms with Gasteiger partial charge in [-0.1, -0.05) is 13.5 Å². The van der Waals surface area contributed by atoms with E-state index in [1.807, 2.05) is 0 Å². The topological polar surface area (TPSA) is 37.3 Å². The van der Waals surface area contributed by atoms with Crippen LogP contribution >= 0.6 is 0 Å². The van der Waals surface area contributed by atoms with E-state index in [1.165, 1.54) is 0 Å². The van der Waals surface area contributed by atoms with Gasteiger partial charge in [-0.2, -0.15) is 0 Å². The maximum absolute atomic E-state index is 10.6.